The Bertz CT molecular complexity index is 522. The first-order chi connectivity index (χ1) is 9.22. The number of rotatable bonds is 6. The van der Waals surface area contributed by atoms with Crippen LogP contribution in [0.4, 0.5) is 0 Å². The van der Waals surface area contributed by atoms with E-state index < -0.39 is 0 Å². The lowest BCUT2D eigenvalue weighted by molar-refractivity contribution is 0.241. The largest absolute Gasteiger partial charge is 0.394 e. The zero-order valence-corrected chi connectivity index (χ0v) is 11.5. The van der Waals surface area contributed by atoms with Crippen LogP contribution < -0.4 is 5.32 Å². The highest BCUT2D eigenvalue weighted by Crippen LogP contribution is 2.22. The average molecular weight is 259 g/mol. The summed E-state index contributed by atoms with van der Waals surface area (Å²) in [6, 6.07) is 8.06. The third kappa shape index (κ3) is 3.50. The number of aliphatic hydroxyl groups is 1. The molecule has 0 bridgehead atoms. The Kier molecular flexibility index (Phi) is 4.85. The lowest BCUT2D eigenvalue weighted by atomic mass is 10.0. The molecule has 2 aromatic rings. The number of pyridine rings is 1. The average Bonchev–Trinajstić information content (AvgIpc) is 2.43. The molecule has 0 saturated carbocycles. The first kappa shape index (κ1) is 13.9. The van der Waals surface area contributed by atoms with Crippen LogP contribution in [0.2, 0.25) is 0 Å². The van der Waals surface area contributed by atoms with Crippen LogP contribution in [0.3, 0.4) is 0 Å². The van der Waals surface area contributed by atoms with E-state index in [-0.39, 0.29) is 12.6 Å². The molecule has 4 nitrogen and oxygen atoms in total. The lowest BCUT2D eigenvalue weighted by Gasteiger charge is -2.19. The van der Waals surface area contributed by atoms with E-state index in [4.69, 9.17) is 0 Å². The molecule has 2 rings (SSSR count). The Morgan fingerprint density at radius 3 is 2.79 bits per heavy atom. The quantitative estimate of drug-likeness (QED) is 0.823. The third-order valence-electron chi connectivity index (χ3n) is 3.21. The summed E-state index contributed by atoms with van der Waals surface area (Å²) in [5.74, 6) is 0. The van der Waals surface area contributed by atoms with Crippen LogP contribution in [0, 0.1) is 0 Å². The molecule has 4 heteroatoms. The summed E-state index contributed by atoms with van der Waals surface area (Å²) in [4.78, 5) is 6.38. The number of aromatic nitrogens is 1. The van der Waals surface area contributed by atoms with E-state index in [1.807, 2.05) is 44.7 Å². The molecule has 1 atom stereocenters. The van der Waals surface area contributed by atoms with Gasteiger partial charge in [-0.1, -0.05) is 24.3 Å². The summed E-state index contributed by atoms with van der Waals surface area (Å²) in [5.41, 5.74) is 1.05. The van der Waals surface area contributed by atoms with Crippen LogP contribution in [0.25, 0.3) is 10.8 Å². The topological polar surface area (TPSA) is 48.4 Å². The van der Waals surface area contributed by atoms with Gasteiger partial charge in [-0.2, -0.15) is 0 Å². The van der Waals surface area contributed by atoms with Gasteiger partial charge in [-0.25, -0.2) is 0 Å². The molecule has 1 unspecified atom stereocenters. The number of fused-ring (bicyclic) bond motifs is 1. The smallest absolute Gasteiger partial charge is 0.0627 e. The maximum Gasteiger partial charge on any atom is 0.0627 e. The van der Waals surface area contributed by atoms with Gasteiger partial charge in [0.25, 0.3) is 0 Å². The van der Waals surface area contributed by atoms with Gasteiger partial charge in [-0.05, 0) is 25.0 Å². The second-order valence-corrected chi connectivity index (χ2v) is 4.94. The standard InChI is InChI=1S/C15H21N3O/c1-18(2)8-7-17-15(11-19)14-10-16-9-12-5-3-4-6-13(12)14/h3-6,9-10,15,17,19H,7-8,11H2,1-2H3. The molecule has 0 aliphatic heterocycles. The lowest BCUT2D eigenvalue weighted by Crippen LogP contribution is -2.31. The van der Waals surface area contributed by atoms with Crippen molar-refractivity contribution in [1.29, 1.82) is 0 Å². The zero-order valence-electron chi connectivity index (χ0n) is 11.5. The monoisotopic (exact) mass is 259 g/mol. The molecule has 0 saturated heterocycles. The third-order valence-corrected chi connectivity index (χ3v) is 3.21. The van der Waals surface area contributed by atoms with Gasteiger partial charge in [0, 0.05) is 30.9 Å². The predicted molar refractivity (Wildman–Crippen MR) is 78.1 cm³/mol. The molecule has 1 aromatic heterocycles. The Morgan fingerprint density at radius 1 is 1.26 bits per heavy atom. The first-order valence-electron chi connectivity index (χ1n) is 6.54. The Morgan fingerprint density at radius 2 is 2.05 bits per heavy atom. The maximum atomic E-state index is 9.60. The molecular weight excluding hydrogens is 238 g/mol. The van der Waals surface area contributed by atoms with Gasteiger partial charge in [0.15, 0.2) is 0 Å². The van der Waals surface area contributed by atoms with E-state index in [1.165, 1.54) is 0 Å². The van der Waals surface area contributed by atoms with Crippen molar-refractivity contribution < 1.29 is 5.11 Å². The molecule has 0 fully saturated rings. The maximum absolute atomic E-state index is 9.60. The minimum atomic E-state index is -0.0708. The predicted octanol–water partition coefficient (Wildman–Crippen LogP) is 1.42. The van der Waals surface area contributed by atoms with E-state index >= 15 is 0 Å². The summed E-state index contributed by atoms with van der Waals surface area (Å²) in [6.45, 7) is 1.85. The second kappa shape index (κ2) is 6.61. The van der Waals surface area contributed by atoms with Crippen LogP contribution in [-0.2, 0) is 0 Å². The van der Waals surface area contributed by atoms with Gasteiger partial charge in [0.2, 0.25) is 0 Å². The van der Waals surface area contributed by atoms with Crippen molar-refractivity contribution in [2.45, 2.75) is 6.04 Å². The fourth-order valence-electron chi connectivity index (χ4n) is 2.15. The summed E-state index contributed by atoms with van der Waals surface area (Å²) in [5, 5.41) is 15.2. The summed E-state index contributed by atoms with van der Waals surface area (Å²) in [7, 11) is 4.07. The molecule has 0 aliphatic carbocycles. The fraction of sp³-hybridized carbons (Fsp3) is 0.400. The van der Waals surface area contributed by atoms with Gasteiger partial charge >= 0.3 is 0 Å². The van der Waals surface area contributed by atoms with Crippen molar-refractivity contribution in [2.75, 3.05) is 33.8 Å². The summed E-state index contributed by atoms with van der Waals surface area (Å²) < 4.78 is 0. The van der Waals surface area contributed by atoms with Gasteiger partial charge < -0.3 is 15.3 Å². The van der Waals surface area contributed by atoms with Crippen molar-refractivity contribution >= 4 is 10.8 Å². The minimum absolute atomic E-state index is 0.0708. The molecule has 102 valence electrons. The Hall–Kier alpha value is -1.49. The highest BCUT2D eigenvalue weighted by atomic mass is 16.3. The van der Waals surface area contributed by atoms with E-state index in [1.54, 1.807) is 0 Å². The molecule has 19 heavy (non-hydrogen) atoms. The van der Waals surface area contributed by atoms with Crippen molar-refractivity contribution in [1.82, 2.24) is 15.2 Å². The molecule has 1 aromatic carbocycles. The number of nitrogens with one attached hydrogen (secondary N) is 1. The van der Waals surface area contributed by atoms with Crippen molar-refractivity contribution in [3.05, 3.63) is 42.2 Å². The van der Waals surface area contributed by atoms with E-state index in [9.17, 15) is 5.11 Å². The molecular formula is C15H21N3O. The molecule has 0 aliphatic rings. The summed E-state index contributed by atoms with van der Waals surface area (Å²) >= 11 is 0. The number of benzene rings is 1. The number of hydrogen-bond acceptors (Lipinski definition) is 4. The van der Waals surface area contributed by atoms with Gasteiger partial charge in [-0.3, -0.25) is 4.98 Å². The highest BCUT2D eigenvalue weighted by molar-refractivity contribution is 5.85. The number of likely N-dealkylation sites (N-methyl/N-ethyl adjacent to an activating group) is 1. The minimum Gasteiger partial charge on any atom is -0.394 e. The van der Waals surface area contributed by atoms with Crippen LogP contribution in [0.5, 0.6) is 0 Å². The molecule has 0 amide bonds. The van der Waals surface area contributed by atoms with Crippen LogP contribution in [0.1, 0.15) is 11.6 Å². The number of nitrogens with zero attached hydrogens (tertiary/aromatic N) is 2. The van der Waals surface area contributed by atoms with Gasteiger partial charge in [-0.15, -0.1) is 0 Å². The molecule has 0 spiro atoms. The van der Waals surface area contributed by atoms with Gasteiger partial charge in [0.1, 0.15) is 0 Å². The number of hydrogen-bond donors (Lipinski definition) is 2. The fourth-order valence-corrected chi connectivity index (χ4v) is 2.15. The van der Waals surface area contributed by atoms with Crippen LogP contribution >= 0.6 is 0 Å². The Balaban J connectivity index is 2.20. The van der Waals surface area contributed by atoms with Crippen molar-refractivity contribution in [3.8, 4) is 0 Å². The van der Waals surface area contributed by atoms with Crippen molar-refractivity contribution in [3.63, 3.8) is 0 Å². The van der Waals surface area contributed by atoms with Crippen LogP contribution in [-0.4, -0.2) is 48.8 Å². The molecule has 1 heterocycles. The first-order valence-corrected chi connectivity index (χ1v) is 6.54. The normalized spacial score (nSPS) is 13.1. The summed E-state index contributed by atoms with van der Waals surface area (Å²) in [6.07, 6.45) is 3.69. The highest BCUT2D eigenvalue weighted by Gasteiger charge is 2.13. The second-order valence-electron chi connectivity index (χ2n) is 4.94. The SMILES string of the molecule is CN(C)CCNC(CO)c1cncc2ccccc12. The van der Waals surface area contributed by atoms with E-state index in [0.717, 1.165) is 29.4 Å². The zero-order chi connectivity index (χ0) is 13.7. The Labute approximate surface area is 114 Å². The van der Waals surface area contributed by atoms with Gasteiger partial charge in [0.05, 0.1) is 12.6 Å². The van der Waals surface area contributed by atoms with Crippen molar-refractivity contribution in [2.24, 2.45) is 0 Å². The van der Waals surface area contributed by atoms with Crippen LogP contribution in [0.15, 0.2) is 36.7 Å². The number of aliphatic hydroxyl groups excluding tert-OH is 1. The molecule has 2 N–H and O–H groups in total. The van der Waals surface area contributed by atoms with E-state index in [0.29, 0.717) is 0 Å². The van der Waals surface area contributed by atoms with E-state index in [2.05, 4.69) is 21.3 Å². The molecule has 0 radical (unpaired) electrons.